The number of benzene rings is 3. The largest absolute Gasteiger partial charge is 0.465 e. The Labute approximate surface area is 252 Å². The summed E-state index contributed by atoms with van der Waals surface area (Å²) in [6, 6.07) is 19.5. The van der Waals surface area contributed by atoms with Crippen molar-refractivity contribution >= 4 is 28.5 Å². The van der Waals surface area contributed by atoms with Gasteiger partial charge in [0.2, 0.25) is 0 Å². The predicted octanol–water partition coefficient (Wildman–Crippen LogP) is 5.60. The number of carbonyl (C=O) groups excluding carboxylic acids is 1. The van der Waals surface area contributed by atoms with Crippen LogP contribution in [0.3, 0.4) is 0 Å². The molecule has 4 rings (SSSR count). The number of aliphatic imine (C=N–C) groups is 1. The molecule has 3 aromatic carbocycles. The topological polar surface area (TPSA) is 106 Å². The van der Waals surface area contributed by atoms with Crippen molar-refractivity contribution in [3.05, 3.63) is 93.3 Å². The van der Waals surface area contributed by atoms with Crippen molar-refractivity contribution < 1.29 is 14.5 Å². The molecule has 0 aliphatic rings. The van der Waals surface area contributed by atoms with E-state index in [4.69, 9.17) is 14.7 Å². The number of likely N-dealkylation sites (N-methyl/N-ethyl adjacent to an activating group) is 2. The van der Waals surface area contributed by atoms with Gasteiger partial charge in [-0.1, -0.05) is 49.4 Å². The van der Waals surface area contributed by atoms with Gasteiger partial charge < -0.3 is 19.1 Å². The minimum absolute atomic E-state index is 0.340. The van der Waals surface area contributed by atoms with Crippen molar-refractivity contribution in [1.29, 1.82) is 0 Å². The third-order valence-corrected chi connectivity index (χ3v) is 7.37. The van der Waals surface area contributed by atoms with Gasteiger partial charge in [-0.25, -0.2) is 14.8 Å². The third-order valence-electron chi connectivity index (χ3n) is 7.37. The van der Waals surface area contributed by atoms with E-state index in [1.807, 2.05) is 80.3 Å². The maximum atomic E-state index is 12.3. The van der Waals surface area contributed by atoms with Gasteiger partial charge in [0.1, 0.15) is 5.82 Å². The van der Waals surface area contributed by atoms with Gasteiger partial charge in [0.25, 0.3) is 6.54 Å². The van der Waals surface area contributed by atoms with E-state index in [-0.39, 0.29) is 17.4 Å². The van der Waals surface area contributed by atoms with Crippen LogP contribution in [0.1, 0.15) is 40.7 Å². The Morgan fingerprint density at radius 2 is 1.79 bits per heavy atom. The average molecular weight is 585 g/mol. The van der Waals surface area contributed by atoms with Crippen molar-refractivity contribution in [2.45, 2.75) is 33.2 Å². The molecule has 0 N–H and O–H groups in total. The van der Waals surface area contributed by atoms with Crippen LogP contribution in [0.15, 0.2) is 65.7 Å². The van der Waals surface area contributed by atoms with E-state index >= 15 is 0 Å². The predicted molar refractivity (Wildman–Crippen MR) is 171 cm³/mol. The molecule has 0 saturated heterocycles. The van der Waals surface area contributed by atoms with Gasteiger partial charge in [-0.2, -0.15) is 0 Å². The van der Waals surface area contributed by atoms with Crippen LogP contribution in [0, 0.1) is 17.0 Å². The lowest BCUT2D eigenvalue weighted by molar-refractivity contribution is -0.464. The Morgan fingerprint density at radius 3 is 2.44 bits per heavy atom. The molecule has 0 fully saturated rings. The summed E-state index contributed by atoms with van der Waals surface area (Å²) in [6.07, 6.45) is 1.76. The zero-order valence-electron chi connectivity index (χ0n) is 25.8. The van der Waals surface area contributed by atoms with Crippen molar-refractivity contribution in [1.82, 2.24) is 19.4 Å². The molecule has 0 spiro atoms. The Balaban J connectivity index is 1.72. The molecule has 0 amide bonds. The number of aromatic nitrogens is 2. The number of ether oxygens (including phenoxy) is 1. The van der Waals surface area contributed by atoms with Crippen LogP contribution in [-0.2, 0) is 17.7 Å². The maximum absolute atomic E-state index is 12.3. The molecule has 0 atom stereocenters. The third kappa shape index (κ3) is 7.64. The van der Waals surface area contributed by atoms with E-state index in [9.17, 15) is 14.9 Å². The van der Waals surface area contributed by atoms with Crippen LogP contribution >= 0.6 is 0 Å². The number of aryl methyl sites for hydroxylation is 2. The number of amidine groups is 1. The molecule has 0 saturated carbocycles. The summed E-state index contributed by atoms with van der Waals surface area (Å²) in [5.74, 6) is 1.02. The molecule has 0 radical (unpaired) electrons. The fraction of sp³-hybridized carbons (Fsp3) is 0.364. The fourth-order valence-corrected chi connectivity index (χ4v) is 5.06. The number of fused-ring (bicyclic) bond motifs is 1. The Bertz CT molecular complexity index is 1620. The molecule has 0 aliphatic heterocycles. The van der Waals surface area contributed by atoms with Crippen molar-refractivity contribution in [3.63, 3.8) is 0 Å². The highest BCUT2D eigenvalue weighted by Crippen LogP contribution is 2.29. The minimum atomic E-state index is -0.368. The summed E-state index contributed by atoms with van der Waals surface area (Å²) in [5, 5.41) is 11.5. The molecule has 1 aromatic heterocycles. The Morgan fingerprint density at radius 1 is 1.07 bits per heavy atom. The zero-order chi connectivity index (χ0) is 31.1. The van der Waals surface area contributed by atoms with E-state index in [2.05, 4.69) is 23.6 Å². The number of esters is 1. The monoisotopic (exact) mass is 584 g/mol. The quantitative estimate of drug-likeness (QED) is 0.0702. The van der Waals surface area contributed by atoms with Crippen molar-refractivity contribution in [2.24, 2.45) is 4.99 Å². The molecule has 10 heteroatoms. The van der Waals surface area contributed by atoms with E-state index in [0.29, 0.717) is 30.2 Å². The number of rotatable bonds is 12. The number of carbonyl (C=O) groups is 1. The maximum Gasteiger partial charge on any atom is 0.338 e. The van der Waals surface area contributed by atoms with Gasteiger partial charge in [0, 0.05) is 38.0 Å². The lowest BCUT2D eigenvalue weighted by Gasteiger charge is -2.21. The van der Waals surface area contributed by atoms with Crippen molar-refractivity contribution in [3.8, 4) is 11.1 Å². The molecule has 0 aliphatic carbocycles. The van der Waals surface area contributed by atoms with Crippen LogP contribution in [0.25, 0.3) is 22.2 Å². The average Bonchev–Trinajstić information content (AvgIpc) is 3.32. The molecule has 4 aromatic rings. The highest BCUT2D eigenvalue weighted by molar-refractivity contribution is 5.97. The number of hydrogen-bond acceptors (Lipinski definition) is 7. The van der Waals surface area contributed by atoms with Crippen LogP contribution in [0.5, 0.6) is 0 Å². The molecule has 226 valence electrons. The molecule has 1 heterocycles. The van der Waals surface area contributed by atoms with Gasteiger partial charge in [0.15, 0.2) is 5.84 Å². The van der Waals surface area contributed by atoms with Gasteiger partial charge in [-0.3, -0.25) is 10.1 Å². The summed E-state index contributed by atoms with van der Waals surface area (Å²) in [6.45, 7) is 5.76. The first kappa shape index (κ1) is 31.4. The first-order chi connectivity index (χ1) is 20.6. The highest BCUT2D eigenvalue weighted by Gasteiger charge is 2.18. The number of methoxy groups -OCH3 is 1. The summed E-state index contributed by atoms with van der Waals surface area (Å²) in [7, 11) is 7.17. The van der Waals surface area contributed by atoms with E-state index in [0.717, 1.165) is 58.5 Å². The van der Waals surface area contributed by atoms with Crippen LogP contribution in [-0.4, -0.2) is 84.0 Å². The van der Waals surface area contributed by atoms with Gasteiger partial charge >= 0.3 is 5.97 Å². The lowest BCUT2D eigenvalue weighted by atomic mass is 9.98. The second-order valence-electron chi connectivity index (χ2n) is 11.0. The number of nitro groups is 1. The van der Waals surface area contributed by atoms with E-state index < -0.39 is 0 Å². The summed E-state index contributed by atoms with van der Waals surface area (Å²) >= 11 is 0. The van der Waals surface area contributed by atoms with Crippen molar-refractivity contribution in [2.75, 3.05) is 47.9 Å². The molecular weight excluding hydrogens is 544 g/mol. The molecular formula is C33H40N6O4. The highest BCUT2D eigenvalue weighted by atomic mass is 16.6. The second-order valence-corrected chi connectivity index (χ2v) is 11.0. The second kappa shape index (κ2) is 14.1. The Hall–Kier alpha value is -4.57. The smallest absolute Gasteiger partial charge is 0.338 e. The van der Waals surface area contributed by atoms with E-state index in [1.165, 1.54) is 7.11 Å². The summed E-state index contributed by atoms with van der Waals surface area (Å²) in [5.41, 5.74) is 6.84. The summed E-state index contributed by atoms with van der Waals surface area (Å²) < 4.78 is 7.18. The first-order valence-corrected chi connectivity index (χ1v) is 14.4. The summed E-state index contributed by atoms with van der Waals surface area (Å²) in [4.78, 5) is 37.1. The number of nitrogens with zero attached hydrogens (tertiary/aromatic N) is 6. The number of imidazole rings is 1. The minimum Gasteiger partial charge on any atom is -0.465 e. The fourth-order valence-electron chi connectivity index (χ4n) is 5.06. The van der Waals surface area contributed by atoms with E-state index in [1.54, 1.807) is 6.07 Å². The molecule has 43 heavy (non-hydrogen) atoms. The SMILES string of the molecule is CCCc1nc2c(C)cc(N=C(C[N+](=O)[O-])N(C)CCN(C)C)cc2n1Cc1ccc(-c2ccccc2C(=O)OC)cc1. The molecule has 0 unspecified atom stereocenters. The molecule has 0 bridgehead atoms. The normalized spacial score (nSPS) is 11.7. The molecule has 10 nitrogen and oxygen atoms in total. The standard InChI is InChI=1S/C33H40N6O4/c1-7-10-30-35-32-23(2)19-26(34-31(22-39(41)42)37(5)18-17-36(3)4)20-29(32)38(30)21-24-13-15-25(16-14-24)27-11-8-9-12-28(27)33(40)43-6/h8-9,11-16,19-20H,7,10,17-18,21-22H2,1-6H3. The van der Waals surface area contributed by atoms with Crippen LogP contribution in [0.2, 0.25) is 0 Å². The van der Waals surface area contributed by atoms with Crippen LogP contribution in [0.4, 0.5) is 5.69 Å². The first-order valence-electron chi connectivity index (χ1n) is 14.4. The zero-order valence-corrected chi connectivity index (χ0v) is 25.8. The Kier molecular flexibility index (Phi) is 10.3. The van der Waals surface area contributed by atoms with Crippen LogP contribution < -0.4 is 0 Å². The lowest BCUT2D eigenvalue weighted by Crippen LogP contribution is -2.37. The number of hydrogen-bond donors (Lipinski definition) is 0. The van der Waals surface area contributed by atoms with Gasteiger partial charge in [-0.05, 0) is 67.9 Å². The van der Waals surface area contributed by atoms with Gasteiger partial charge in [-0.15, -0.1) is 0 Å². The van der Waals surface area contributed by atoms with Gasteiger partial charge in [0.05, 0.1) is 29.4 Å².